The van der Waals surface area contributed by atoms with Crippen LogP contribution in [0.25, 0.3) is 0 Å². The van der Waals surface area contributed by atoms with E-state index in [-0.39, 0.29) is 5.09 Å². The fraction of sp³-hybridized carbons (Fsp3) is 0.500. The zero-order valence-corrected chi connectivity index (χ0v) is 11.3. The van der Waals surface area contributed by atoms with Crippen LogP contribution < -0.4 is 0 Å². The summed E-state index contributed by atoms with van der Waals surface area (Å²) in [4.78, 5) is 12.5. The molecule has 8 heteroatoms. The molecule has 0 radical (unpaired) electrons. The number of hydrogen-bond acceptors (Lipinski definition) is 5. The predicted molar refractivity (Wildman–Crippen MR) is 64.0 cm³/mol. The molecule has 0 aliphatic heterocycles. The topological polar surface area (TPSA) is 91.1 Å². The van der Waals surface area contributed by atoms with E-state index < -0.39 is 21.8 Å². The van der Waals surface area contributed by atoms with Gasteiger partial charge < -0.3 is 14.4 Å². The molecule has 7 nitrogen and oxygen atoms in total. The second-order valence-electron chi connectivity index (χ2n) is 4.05. The molecule has 1 N–H and O–H groups in total. The average molecular weight is 276 g/mol. The second-order valence-corrected chi connectivity index (χ2v) is 6.03. The van der Waals surface area contributed by atoms with Crippen LogP contribution in [0.5, 0.6) is 0 Å². The Hall–Kier alpha value is -1.38. The van der Waals surface area contributed by atoms with Gasteiger partial charge in [-0.05, 0) is 26.2 Å². The number of carbonyl (C=O) groups is 1. The summed E-state index contributed by atoms with van der Waals surface area (Å²) in [6, 6.07) is 2.26. The van der Waals surface area contributed by atoms with Crippen molar-refractivity contribution in [3.05, 3.63) is 17.9 Å². The molecule has 1 heterocycles. The summed E-state index contributed by atoms with van der Waals surface area (Å²) in [5.74, 6) is -1.69. The van der Waals surface area contributed by atoms with E-state index in [1.54, 1.807) is 0 Å². The van der Waals surface area contributed by atoms with Crippen LogP contribution in [-0.2, 0) is 10.0 Å². The minimum atomic E-state index is -3.77. The number of aromatic carboxylic acids is 1. The molecule has 0 unspecified atom stereocenters. The van der Waals surface area contributed by atoms with Gasteiger partial charge in [-0.3, -0.25) is 0 Å². The summed E-state index contributed by atoms with van der Waals surface area (Å²) in [7, 11) is 1.31. The maximum absolute atomic E-state index is 12.0. The van der Waals surface area contributed by atoms with E-state index in [1.807, 2.05) is 19.0 Å². The van der Waals surface area contributed by atoms with Crippen LogP contribution in [0, 0.1) is 0 Å². The molecule has 0 aromatic carbocycles. The van der Waals surface area contributed by atoms with Gasteiger partial charge in [0.1, 0.15) is 0 Å². The minimum absolute atomic E-state index is 0.290. The number of likely N-dealkylation sites (N-methyl/N-ethyl adjacent to an activating group) is 2. The van der Waals surface area contributed by atoms with Gasteiger partial charge in [-0.15, -0.1) is 0 Å². The molecule has 102 valence electrons. The third-order valence-electron chi connectivity index (χ3n) is 2.32. The first-order valence-corrected chi connectivity index (χ1v) is 6.63. The van der Waals surface area contributed by atoms with E-state index in [0.29, 0.717) is 13.1 Å². The first kappa shape index (κ1) is 14.7. The van der Waals surface area contributed by atoms with Gasteiger partial charge >= 0.3 is 5.97 Å². The van der Waals surface area contributed by atoms with Crippen molar-refractivity contribution in [1.29, 1.82) is 0 Å². The van der Waals surface area contributed by atoms with Crippen LogP contribution in [0.1, 0.15) is 10.6 Å². The summed E-state index contributed by atoms with van der Waals surface area (Å²) < 4.78 is 29.9. The first-order chi connectivity index (χ1) is 8.25. The van der Waals surface area contributed by atoms with Crippen LogP contribution in [-0.4, -0.2) is 62.9 Å². The van der Waals surface area contributed by atoms with Gasteiger partial charge in [0.15, 0.2) is 0 Å². The monoisotopic (exact) mass is 276 g/mol. The molecule has 1 rings (SSSR count). The maximum atomic E-state index is 12.0. The Morgan fingerprint density at radius 2 is 1.89 bits per heavy atom. The molecule has 0 fully saturated rings. The van der Waals surface area contributed by atoms with E-state index in [4.69, 9.17) is 9.52 Å². The van der Waals surface area contributed by atoms with Gasteiger partial charge in [0.2, 0.25) is 10.9 Å². The summed E-state index contributed by atoms with van der Waals surface area (Å²) in [5, 5.41) is 8.31. The Kier molecular flexibility index (Phi) is 4.49. The zero-order valence-electron chi connectivity index (χ0n) is 10.5. The van der Waals surface area contributed by atoms with Gasteiger partial charge in [0.05, 0.1) is 0 Å². The number of carboxylic acids is 1. The Morgan fingerprint density at radius 1 is 1.28 bits per heavy atom. The van der Waals surface area contributed by atoms with E-state index in [1.165, 1.54) is 7.05 Å². The van der Waals surface area contributed by atoms with Crippen LogP contribution >= 0.6 is 0 Å². The highest BCUT2D eigenvalue weighted by molar-refractivity contribution is 7.89. The number of furan rings is 1. The molecular formula is C10H16N2O5S. The Bertz CT molecular complexity index is 520. The summed E-state index contributed by atoms with van der Waals surface area (Å²) in [6.45, 7) is 0.848. The second kappa shape index (κ2) is 5.51. The van der Waals surface area contributed by atoms with Gasteiger partial charge in [0.25, 0.3) is 10.0 Å². The number of rotatable bonds is 6. The van der Waals surface area contributed by atoms with Gasteiger partial charge in [-0.2, -0.15) is 4.31 Å². The summed E-state index contributed by atoms with van der Waals surface area (Å²) in [6.07, 6.45) is 0. The van der Waals surface area contributed by atoms with E-state index in [9.17, 15) is 13.2 Å². The van der Waals surface area contributed by atoms with Crippen molar-refractivity contribution in [2.75, 3.05) is 34.2 Å². The van der Waals surface area contributed by atoms with Crippen molar-refractivity contribution in [2.24, 2.45) is 0 Å². The number of hydrogen-bond donors (Lipinski definition) is 1. The van der Waals surface area contributed by atoms with Crippen molar-refractivity contribution >= 4 is 16.0 Å². The normalized spacial score (nSPS) is 12.3. The number of sulfonamides is 1. The first-order valence-electron chi connectivity index (χ1n) is 5.19. The molecule has 0 saturated carbocycles. The SMILES string of the molecule is CN(C)CCN(C)S(=O)(=O)c1ccc(C(=O)O)o1. The highest BCUT2D eigenvalue weighted by Crippen LogP contribution is 2.17. The van der Waals surface area contributed by atoms with Crippen molar-refractivity contribution in [3.63, 3.8) is 0 Å². The molecule has 0 spiro atoms. The zero-order chi connectivity index (χ0) is 13.9. The Balaban J connectivity index is 2.87. The van der Waals surface area contributed by atoms with Gasteiger partial charge in [-0.25, -0.2) is 13.2 Å². The highest BCUT2D eigenvalue weighted by Gasteiger charge is 2.25. The van der Waals surface area contributed by atoms with E-state index in [0.717, 1.165) is 16.4 Å². The maximum Gasteiger partial charge on any atom is 0.371 e. The molecule has 0 saturated heterocycles. The Morgan fingerprint density at radius 3 is 2.33 bits per heavy atom. The van der Waals surface area contributed by atoms with Crippen molar-refractivity contribution in [2.45, 2.75) is 5.09 Å². The van der Waals surface area contributed by atoms with Crippen LogP contribution in [0.3, 0.4) is 0 Å². The molecular weight excluding hydrogens is 260 g/mol. The van der Waals surface area contributed by atoms with Crippen LogP contribution in [0.4, 0.5) is 0 Å². The molecule has 0 aliphatic rings. The fourth-order valence-corrected chi connectivity index (χ4v) is 2.25. The van der Waals surface area contributed by atoms with E-state index in [2.05, 4.69) is 0 Å². The lowest BCUT2D eigenvalue weighted by Gasteiger charge is -2.17. The van der Waals surface area contributed by atoms with E-state index >= 15 is 0 Å². The molecule has 0 atom stereocenters. The minimum Gasteiger partial charge on any atom is -0.475 e. The molecule has 1 aromatic rings. The molecule has 0 amide bonds. The summed E-state index contributed by atoms with van der Waals surface area (Å²) in [5.41, 5.74) is 0. The Labute approximate surface area is 106 Å². The smallest absolute Gasteiger partial charge is 0.371 e. The quantitative estimate of drug-likeness (QED) is 0.796. The number of nitrogens with zero attached hydrogens (tertiary/aromatic N) is 2. The lowest BCUT2D eigenvalue weighted by molar-refractivity contribution is 0.0656. The summed E-state index contributed by atoms with van der Waals surface area (Å²) >= 11 is 0. The highest BCUT2D eigenvalue weighted by atomic mass is 32.2. The lowest BCUT2D eigenvalue weighted by Crippen LogP contribution is -2.33. The lowest BCUT2D eigenvalue weighted by atomic mass is 10.5. The molecule has 18 heavy (non-hydrogen) atoms. The van der Waals surface area contributed by atoms with Crippen molar-refractivity contribution < 1.29 is 22.7 Å². The standard InChI is InChI=1S/C10H16N2O5S/c1-11(2)6-7-12(3)18(15,16)9-5-4-8(17-9)10(13)14/h4-5H,6-7H2,1-3H3,(H,13,14). The van der Waals surface area contributed by atoms with Gasteiger partial charge in [0, 0.05) is 20.1 Å². The van der Waals surface area contributed by atoms with Gasteiger partial charge in [-0.1, -0.05) is 0 Å². The van der Waals surface area contributed by atoms with Crippen LogP contribution in [0.15, 0.2) is 21.6 Å². The van der Waals surface area contributed by atoms with Crippen molar-refractivity contribution in [1.82, 2.24) is 9.21 Å². The average Bonchev–Trinajstić information content (AvgIpc) is 2.75. The van der Waals surface area contributed by atoms with Crippen LogP contribution in [0.2, 0.25) is 0 Å². The number of carboxylic acid groups (broad SMARTS) is 1. The molecule has 0 bridgehead atoms. The largest absolute Gasteiger partial charge is 0.475 e. The third kappa shape index (κ3) is 3.31. The van der Waals surface area contributed by atoms with Crippen molar-refractivity contribution in [3.8, 4) is 0 Å². The molecule has 1 aromatic heterocycles. The fourth-order valence-electron chi connectivity index (χ4n) is 1.19. The predicted octanol–water partition coefficient (Wildman–Crippen LogP) is 0.160. The molecule has 0 aliphatic carbocycles. The third-order valence-corrected chi connectivity index (χ3v) is 4.05.